The van der Waals surface area contributed by atoms with Crippen LogP contribution in [0.2, 0.25) is 0 Å². The fourth-order valence-electron chi connectivity index (χ4n) is 4.13. The van der Waals surface area contributed by atoms with Crippen molar-refractivity contribution in [3.05, 3.63) is 23.3 Å². The predicted molar refractivity (Wildman–Crippen MR) is 85.0 cm³/mol. The Hall–Kier alpha value is -0.890. The van der Waals surface area contributed by atoms with Gasteiger partial charge in [-0.2, -0.15) is 0 Å². The lowest BCUT2D eigenvalue weighted by Crippen LogP contribution is -2.31. The summed E-state index contributed by atoms with van der Waals surface area (Å²) in [5.41, 5.74) is 2.55. The number of carbonyl (C=O) groups excluding carboxylic acids is 1. The SMILES string of the molecule is CC1=CCC2(C)C(=O)C=C(C(C)C)C2CCC2OC2CC1. The maximum atomic E-state index is 12.7. The number of ketones is 1. The van der Waals surface area contributed by atoms with Crippen LogP contribution in [0.4, 0.5) is 0 Å². The van der Waals surface area contributed by atoms with E-state index in [2.05, 4.69) is 33.8 Å². The lowest BCUT2D eigenvalue weighted by atomic mass is 9.70. The van der Waals surface area contributed by atoms with Gasteiger partial charge in [-0.3, -0.25) is 4.79 Å². The Balaban J connectivity index is 1.89. The Kier molecular flexibility index (Phi) is 3.85. The molecule has 0 spiro atoms. The highest BCUT2D eigenvalue weighted by molar-refractivity contribution is 5.98. The van der Waals surface area contributed by atoms with Crippen LogP contribution in [0.25, 0.3) is 0 Å². The molecule has 116 valence electrons. The Labute approximate surface area is 128 Å². The lowest BCUT2D eigenvalue weighted by molar-refractivity contribution is -0.123. The Morgan fingerprint density at radius 2 is 1.95 bits per heavy atom. The highest BCUT2D eigenvalue weighted by Gasteiger charge is 2.48. The average molecular weight is 288 g/mol. The molecule has 1 saturated heterocycles. The van der Waals surface area contributed by atoms with Gasteiger partial charge < -0.3 is 4.74 Å². The summed E-state index contributed by atoms with van der Waals surface area (Å²) in [7, 11) is 0. The number of rotatable bonds is 1. The van der Waals surface area contributed by atoms with Crippen molar-refractivity contribution in [3.63, 3.8) is 0 Å². The second-order valence-electron chi connectivity index (χ2n) is 7.72. The summed E-state index contributed by atoms with van der Waals surface area (Å²) in [5.74, 6) is 1.21. The van der Waals surface area contributed by atoms with Crippen molar-refractivity contribution < 1.29 is 9.53 Å². The largest absolute Gasteiger partial charge is 0.370 e. The molecule has 1 heterocycles. The standard InChI is InChI=1S/C19H28O2/c1-12(2)14-11-18(20)19(4)10-9-13(3)5-7-16-17(21-16)8-6-15(14)19/h9,11-12,15-17H,5-8,10H2,1-4H3. The zero-order chi connectivity index (χ0) is 15.2. The minimum Gasteiger partial charge on any atom is -0.370 e. The van der Waals surface area contributed by atoms with Crippen molar-refractivity contribution in [3.8, 4) is 0 Å². The maximum Gasteiger partial charge on any atom is 0.162 e. The first kappa shape index (κ1) is 15.0. The van der Waals surface area contributed by atoms with Gasteiger partial charge in [0.15, 0.2) is 5.78 Å². The van der Waals surface area contributed by atoms with Crippen LogP contribution in [-0.4, -0.2) is 18.0 Å². The van der Waals surface area contributed by atoms with E-state index in [1.54, 1.807) is 0 Å². The molecule has 2 aliphatic carbocycles. The first-order chi connectivity index (χ1) is 9.91. The van der Waals surface area contributed by atoms with Crippen LogP contribution in [0, 0.1) is 17.3 Å². The Morgan fingerprint density at radius 3 is 2.67 bits per heavy atom. The number of ether oxygens (including phenoxy) is 1. The number of fused-ring (bicyclic) bond motifs is 2. The fourth-order valence-corrected chi connectivity index (χ4v) is 4.13. The molecule has 0 saturated carbocycles. The summed E-state index contributed by atoms with van der Waals surface area (Å²) in [6, 6.07) is 0. The molecular formula is C19H28O2. The van der Waals surface area contributed by atoms with E-state index < -0.39 is 0 Å². The van der Waals surface area contributed by atoms with Crippen molar-refractivity contribution in [2.24, 2.45) is 17.3 Å². The van der Waals surface area contributed by atoms with Gasteiger partial charge in [0.25, 0.3) is 0 Å². The summed E-state index contributed by atoms with van der Waals surface area (Å²) in [6.07, 6.45) is 10.5. The summed E-state index contributed by atoms with van der Waals surface area (Å²) in [4.78, 5) is 12.7. The lowest BCUT2D eigenvalue weighted by Gasteiger charge is -2.32. The van der Waals surface area contributed by atoms with Crippen LogP contribution < -0.4 is 0 Å². The van der Waals surface area contributed by atoms with Gasteiger partial charge in [0.05, 0.1) is 12.2 Å². The summed E-state index contributed by atoms with van der Waals surface area (Å²) in [5, 5.41) is 0. The van der Waals surface area contributed by atoms with Gasteiger partial charge in [-0.15, -0.1) is 0 Å². The monoisotopic (exact) mass is 288 g/mol. The number of hydrogen-bond acceptors (Lipinski definition) is 2. The highest BCUT2D eigenvalue weighted by Crippen LogP contribution is 2.49. The van der Waals surface area contributed by atoms with Gasteiger partial charge in [-0.05, 0) is 56.9 Å². The van der Waals surface area contributed by atoms with Crippen LogP contribution >= 0.6 is 0 Å². The highest BCUT2D eigenvalue weighted by atomic mass is 16.6. The third-order valence-corrected chi connectivity index (χ3v) is 5.82. The van der Waals surface area contributed by atoms with Crippen LogP contribution in [0.5, 0.6) is 0 Å². The molecular weight excluding hydrogens is 260 g/mol. The third-order valence-electron chi connectivity index (χ3n) is 5.82. The van der Waals surface area contributed by atoms with E-state index in [9.17, 15) is 4.79 Å². The molecule has 0 bridgehead atoms. The first-order valence-corrected chi connectivity index (χ1v) is 8.49. The number of carbonyl (C=O) groups is 1. The van der Waals surface area contributed by atoms with Gasteiger partial charge in [0.1, 0.15) is 0 Å². The van der Waals surface area contributed by atoms with Gasteiger partial charge in [-0.25, -0.2) is 0 Å². The maximum absolute atomic E-state index is 12.7. The Bertz CT molecular complexity index is 500. The average Bonchev–Trinajstić information content (AvgIpc) is 3.13. The molecule has 0 N–H and O–H groups in total. The number of hydrogen-bond donors (Lipinski definition) is 0. The van der Waals surface area contributed by atoms with Crippen LogP contribution in [0.15, 0.2) is 23.3 Å². The van der Waals surface area contributed by atoms with Crippen molar-refractivity contribution in [1.82, 2.24) is 0 Å². The topological polar surface area (TPSA) is 29.6 Å². The smallest absolute Gasteiger partial charge is 0.162 e. The number of allylic oxidation sites excluding steroid dienone is 4. The van der Waals surface area contributed by atoms with E-state index in [4.69, 9.17) is 4.74 Å². The molecule has 0 amide bonds. The Morgan fingerprint density at radius 1 is 1.24 bits per heavy atom. The third kappa shape index (κ3) is 2.75. The molecule has 4 atom stereocenters. The second kappa shape index (κ2) is 5.39. The van der Waals surface area contributed by atoms with Crippen molar-refractivity contribution >= 4 is 5.78 Å². The first-order valence-electron chi connectivity index (χ1n) is 8.49. The van der Waals surface area contributed by atoms with Crippen molar-refractivity contribution in [1.29, 1.82) is 0 Å². The molecule has 1 aliphatic heterocycles. The van der Waals surface area contributed by atoms with Crippen LogP contribution in [0.3, 0.4) is 0 Å². The van der Waals surface area contributed by atoms with Gasteiger partial charge in [-0.1, -0.05) is 38.0 Å². The van der Waals surface area contributed by atoms with Gasteiger partial charge >= 0.3 is 0 Å². The molecule has 2 nitrogen and oxygen atoms in total. The number of epoxide rings is 1. The molecule has 2 heteroatoms. The minimum absolute atomic E-state index is 0.227. The summed E-state index contributed by atoms with van der Waals surface area (Å²) >= 11 is 0. The van der Waals surface area contributed by atoms with E-state index in [-0.39, 0.29) is 5.41 Å². The van der Waals surface area contributed by atoms with Crippen molar-refractivity contribution in [2.45, 2.75) is 72.0 Å². The van der Waals surface area contributed by atoms with E-state index in [1.807, 2.05) is 6.08 Å². The molecule has 0 aromatic carbocycles. The summed E-state index contributed by atoms with van der Waals surface area (Å²) in [6.45, 7) is 8.81. The van der Waals surface area contributed by atoms with E-state index in [1.165, 1.54) is 11.1 Å². The van der Waals surface area contributed by atoms with E-state index in [0.29, 0.717) is 29.8 Å². The fraction of sp³-hybridized carbons (Fsp3) is 0.737. The zero-order valence-electron chi connectivity index (χ0n) is 13.8. The minimum atomic E-state index is -0.227. The van der Waals surface area contributed by atoms with Crippen molar-refractivity contribution in [2.75, 3.05) is 0 Å². The predicted octanol–water partition coefficient (Wildman–Crippen LogP) is 4.45. The quantitative estimate of drug-likeness (QED) is 0.527. The molecule has 0 aromatic heterocycles. The molecule has 1 fully saturated rings. The van der Waals surface area contributed by atoms with Gasteiger partial charge in [0.2, 0.25) is 0 Å². The molecule has 3 aliphatic rings. The zero-order valence-corrected chi connectivity index (χ0v) is 13.8. The van der Waals surface area contributed by atoms with E-state index >= 15 is 0 Å². The summed E-state index contributed by atoms with van der Waals surface area (Å²) < 4.78 is 5.81. The second-order valence-corrected chi connectivity index (χ2v) is 7.72. The van der Waals surface area contributed by atoms with Gasteiger partial charge in [0, 0.05) is 5.41 Å². The molecule has 21 heavy (non-hydrogen) atoms. The normalized spacial score (nSPS) is 40.0. The van der Waals surface area contributed by atoms with Crippen LogP contribution in [0.1, 0.15) is 59.8 Å². The van der Waals surface area contributed by atoms with Crippen LogP contribution in [-0.2, 0) is 9.53 Å². The molecule has 0 radical (unpaired) electrons. The molecule has 3 rings (SSSR count). The molecule has 4 unspecified atom stereocenters. The molecule has 0 aromatic rings. The van der Waals surface area contributed by atoms with E-state index in [0.717, 1.165) is 32.1 Å².